The lowest BCUT2D eigenvalue weighted by molar-refractivity contribution is -0.124. The first-order chi connectivity index (χ1) is 11.2. The molecule has 1 spiro atoms. The number of carbonyl (C=O) groups is 2. The van der Waals surface area contributed by atoms with E-state index in [9.17, 15) is 9.59 Å². The quantitative estimate of drug-likeness (QED) is 0.861. The Labute approximate surface area is 135 Å². The van der Waals surface area contributed by atoms with Gasteiger partial charge in [0.1, 0.15) is 11.4 Å². The zero-order chi connectivity index (χ0) is 16.0. The van der Waals surface area contributed by atoms with E-state index in [1.54, 1.807) is 7.11 Å². The third kappa shape index (κ3) is 2.26. The zero-order valence-corrected chi connectivity index (χ0v) is 13.2. The molecule has 122 valence electrons. The minimum atomic E-state index is -0.473. The number of fused-ring (bicyclic) bond motifs is 3. The fourth-order valence-corrected chi connectivity index (χ4v) is 4.51. The molecule has 4 atom stereocenters. The molecule has 0 radical (unpaired) electrons. The van der Waals surface area contributed by atoms with Crippen LogP contribution < -0.4 is 10.1 Å². The maximum atomic E-state index is 12.5. The Kier molecular flexibility index (Phi) is 3.41. The van der Waals surface area contributed by atoms with Gasteiger partial charge in [-0.1, -0.05) is 12.1 Å². The Bertz CT molecular complexity index is 658. The summed E-state index contributed by atoms with van der Waals surface area (Å²) in [5, 5.41) is 2.92. The highest BCUT2D eigenvalue weighted by Gasteiger charge is 2.70. The third-order valence-electron chi connectivity index (χ3n) is 5.55. The first kappa shape index (κ1) is 14.7. The molecule has 1 aromatic carbocycles. The van der Waals surface area contributed by atoms with E-state index in [1.807, 2.05) is 24.3 Å². The van der Waals surface area contributed by atoms with Crippen molar-refractivity contribution in [2.75, 3.05) is 20.3 Å². The van der Waals surface area contributed by atoms with Gasteiger partial charge in [0.05, 0.1) is 18.6 Å². The summed E-state index contributed by atoms with van der Waals surface area (Å²) in [7, 11) is 1.62. The number of ether oxygens (including phenoxy) is 2. The molecule has 1 aliphatic heterocycles. The van der Waals surface area contributed by atoms with E-state index in [1.165, 1.54) is 0 Å². The summed E-state index contributed by atoms with van der Waals surface area (Å²) in [5.41, 5.74) is 0.197. The van der Waals surface area contributed by atoms with E-state index < -0.39 is 5.60 Å². The van der Waals surface area contributed by atoms with Gasteiger partial charge in [-0.2, -0.15) is 0 Å². The lowest BCUT2D eigenvalue weighted by Crippen LogP contribution is -2.44. The van der Waals surface area contributed by atoms with Crippen LogP contribution in [0.2, 0.25) is 0 Å². The lowest BCUT2D eigenvalue weighted by Gasteiger charge is -2.37. The molecule has 2 fully saturated rings. The third-order valence-corrected chi connectivity index (χ3v) is 5.55. The summed E-state index contributed by atoms with van der Waals surface area (Å²) in [5.74, 6) is 1.40. The predicted octanol–water partition coefficient (Wildman–Crippen LogP) is 1.81. The molecule has 5 nitrogen and oxygen atoms in total. The molecule has 4 rings (SSSR count). The van der Waals surface area contributed by atoms with E-state index in [2.05, 4.69) is 5.32 Å². The molecule has 0 bridgehead atoms. The molecule has 1 aromatic rings. The summed E-state index contributed by atoms with van der Waals surface area (Å²) >= 11 is 0. The molecule has 23 heavy (non-hydrogen) atoms. The number of para-hydroxylation sites is 1. The van der Waals surface area contributed by atoms with Crippen LogP contribution in [-0.2, 0) is 9.53 Å². The molecule has 1 N–H and O–H groups in total. The topological polar surface area (TPSA) is 64.6 Å². The standard InChI is InChI=1S/C18H21NO4/c1-22-9-8-19-17(21)15-12-6-7-18(16(12)15)10-13(20)11-4-2-3-5-14(11)23-18/h2-5,12,15-16H,6-10H2,1H3,(H,19,21). The fourth-order valence-electron chi connectivity index (χ4n) is 4.51. The minimum absolute atomic E-state index is 0.0151. The summed E-state index contributed by atoms with van der Waals surface area (Å²) in [4.78, 5) is 24.8. The summed E-state index contributed by atoms with van der Waals surface area (Å²) < 4.78 is 11.3. The van der Waals surface area contributed by atoms with E-state index >= 15 is 0 Å². The molecule has 5 heteroatoms. The molecule has 1 amide bonds. The van der Waals surface area contributed by atoms with Gasteiger partial charge in [0, 0.05) is 25.5 Å². The molecule has 2 aliphatic carbocycles. The monoisotopic (exact) mass is 315 g/mol. The van der Waals surface area contributed by atoms with Gasteiger partial charge in [-0.15, -0.1) is 0 Å². The first-order valence-corrected chi connectivity index (χ1v) is 8.24. The normalized spacial score (nSPS) is 33.8. The number of amides is 1. The smallest absolute Gasteiger partial charge is 0.223 e. The number of methoxy groups -OCH3 is 1. The molecule has 0 aromatic heterocycles. The van der Waals surface area contributed by atoms with E-state index in [-0.39, 0.29) is 23.5 Å². The number of nitrogens with one attached hydrogen (secondary N) is 1. The number of carbonyl (C=O) groups excluding carboxylic acids is 2. The van der Waals surface area contributed by atoms with Crippen LogP contribution in [0.4, 0.5) is 0 Å². The number of hydrogen-bond donors (Lipinski definition) is 1. The van der Waals surface area contributed by atoms with Gasteiger partial charge in [0.15, 0.2) is 5.78 Å². The highest BCUT2D eigenvalue weighted by atomic mass is 16.5. The van der Waals surface area contributed by atoms with Crippen LogP contribution in [0.25, 0.3) is 0 Å². The Morgan fingerprint density at radius 1 is 1.43 bits per heavy atom. The molecular formula is C18H21NO4. The number of hydrogen-bond acceptors (Lipinski definition) is 4. The van der Waals surface area contributed by atoms with Crippen LogP contribution >= 0.6 is 0 Å². The van der Waals surface area contributed by atoms with Crippen LogP contribution in [0, 0.1) is 17.8 Å². The molecule has 3 aliphatic rings. The Morgan fingerprint density at radius 3 is 3.09 bits per heavy atom. The maximum absolute atomic E-state index is 12.5. The first-order valence-electron chi connectivity index (χ1n) is 8.24. The molecule has 1 heterocycles. The molecule has 4 unspecified atom stereocenters. The van der Waals surface area contributed by atoms with Crippen molar-refractivity contribution in [1.82, 2.24) is 5.32 Å². The van der Waals surface area contributed by atoms with Gasteiger partial charge in [0.2, 0.25) is 5.91 Å². The Morgan fingerprint density at radius 2 is 2.26 bits per heavy atom. The average Bonchev–Trinajstić information content (AvgIpc) is 3.20. The van der Waals surface area contributed by atoms with Gasteiger partial charge >= 0.3 is 0 Å². The van der Waals surface area contributed by atoms with E-state index in [0.29, 0.717) is 36.8 Å². The average molecular weight is 315 g/mol. The second-order valence-corrected chi connectivity index (χ2v) is 6.80. The SMILES string of the molecule is COCCNC(=O)C1C2CCC3(CC(=O)c4ccccc4O3)C21. The van der Waals surface area contributed by atoms with Crippen molar-refractivity contribution in [3.8, 4) is 5.75 Å². The van der Waals surface area contributed by atoms with Crippen LogP contribution in [0.3, 0.4) is 0 Å². The second-order valence-electron chi connectivity index (χ2n) is 6.80. The maximum Gasteiger partial charge on any atom is 0.223 e. The van der Waals surface area contributed by atoms with Crippen molar-refractivity contribution < 1.29 is 19.1 Å². The molecule has 0 saturated heterocycles. The largest absolute Gasteiger partial charge is 0.486 e. The Balaban J connectivity index is 1.51. The van der Waals surface area contributed by atoms with Crippen molar-refractivity contribution in [1.29, 1.82) is 0 Å². The predicted molar refractivity (Wildman–Crippen MR) is 83.3 cm³/mol. The van der Waals surface area contributed by atoms with Gasteiger partial charge < -0.3 is 14.8 Å². The number of rotatable bonds is 4. The van der Waals surface area contributed by atoms with Crippen LogP contribution in [0.5, 0.6) is 5.75 Å². The minimum Gasteiger partial charge on any atom is -0.486 e. The van der Waals surface area contributed by atoms with Crippen LogP contribution in [-0.4, -0.2) is 37.6 Å². The van der Waals surface area contributed by atoms with Crippen molar-refractivity contribution in [2.24, 2.45) is 17.8 Å². The van der Waals surface area contributed by atoms with E-state index in [4.69, 9.17) is 9.47 Å². The van der Waals surface area contributed by atoms with Crippen molar-refractivity contribution >= 4 is 11.7 Å². The summed E-state index contributed by atoms with van der Waals surface area (Å²) in [6, 6.07) is 7.43. The number of ketones is 1. The Hall–Kier alpha value is -1.88. The van der Waals surface area contributed by atoms with Crippen molar-refractivity contribution in [2.45, 2.75) is 24.9 Å². The molecule has 2 saturated carbocycles. The van der Waals surface area contributed by atoms with Crippen LogP contribution in [0.15, 0.2) is 24.3 Å². The van der Waals surface area contributed by atoms with Crippen LogP contribution in [0.1, 0.15) is 29.6 Å². The van der Waals surface area contributed by atoms with Gasteiger partial charge in [-0.3, -0.25) is 9.59 Å². The van der Waals surface area contributed by atoms with Crippen molar-refractivity contribution in [3.05, 3.63) is 29.8 Å². The van der Waals surface area contributed by atoms with Crippen molar-refractivity contribution in [3.63, 3.8) is 0 Å². The second kappa shape index (κ2) is 5.34. The zero-order valence-electron chi connectivity index (χ0n) is 13.2. The highest BCUT2D eigenvalue weighted by molar-refractivity contribution is 6.00. The van der Waals surface area contributed by atoms with Gasteiger partial charge in [-0.25, -0.2) is 0 Å². The summed E-state index contributed by atoms with van der Waals surface area (Å²) in [6.07, 6.45) is 2.22. The summed E-state index contributed by atoms with van der Waals surface area (Å²) in [6.45, 7) is 1.04. The van der Waals surface area contributed by atoms with Gasteiger partial charge in [-0.05, 0) is 30.9 Å². The number of Topliss-reactive ketones (excluding diaryl/α,β-unsaturated/α-hetero) is 1. The van der Waals surface area contributed by atoms with E-state index in [0.717, 1.165) is 12.8 Å². The fraction of sp³-hybridized carbons (Fsp3) is 0.556. The van der Waals surface area contributed by atoms with Gasteiger partial charge in [0.25, 0.3) is 0 Å². The number of benzene rings is 1. The highest BCUT2D eigenvalue weighted by Crippen LogP contribution is 2.65. The lowest BCUT2D eigenvalue weighted by atomic mass is 9.84. The molecular weight excluding hydrogens is 294 g/mol.